The van der Waals surface area contributed by atoms with Crippen LogP contribution in [0.5, 0.6) is 0 Å². The lowest BCUT2D eigenvalue weighted by atomic mass is 10.2. The molecule has 0 saturated carbocycles. The topological polar surface area (TPSA) is 6.48 Å². The summed E-state index contributed by atoms with van der Waals surface area (Å²) >= 11 is 1.96. The average molecular weight is 174 g/mol. The van der Waals surface area contributed by atoms with E-state index in [9.17, 15) is 0 Å². The number of rotatable bonds is 2. The molecule has 3 heteroatoms. The van der Waals surface area contributed by atoms with Crippen LogP contribution >= 0.6 is 11.9 Å². The molecule has 0 aromatic rings. The number of nitrogens with zero attached hydrogens (tertiary/aromatic N) is 2. The van der Waals surface area contributed by atoms with Gasteiger partial charge in [-0.15, -0.1) is 0 Å². The number of hydrogen-bond donors (Lipinski definition) is 0. The summed E-state index contributed by atoms with van der Waals surface area (Å²) in [5.41, 5.74) is 0. The molecule has 11 heavy (non-hydrogen) atoms. The maximum Gasteiger partial charge on any atom is 0.0243 e. The standard InChI is InChI=1S/C8H18N2S/c1-4-11-10-6-5-9(3)8(2)7-10/h8H,4-7H2,1-3H3. The Morgan fingerprint density at radius 1 is 1.45 bits per heavy atom. The van der Waals surface area contributed by atoms with E-state index in [-0.39, 0.29) is 0 Å². The fourth-order valence-corrected chi connectivity index (χ4v) is 2.21. The summed E-state index contributed by atoms with van der Waals surface area (Å²) in [5.74, 6) is 1.20. The van der Waals surface area contributed by atoms with Gasteiger partial charge in [0, 0.05) is 31.4 Å². The molecule has 0 aliphatic carbocycles. The molecule has 1 saturated heterocycles. The second-order valence-electron chi connectivity index (χ2n) is 3.14. The highest BCUT2D eigenvalue weighted by Gasteiger charge is 2.19. The quantitative estimate of drug-likeness (QED) is 0.583. The molecule has 0 N–H and O–H groups in total. The first-order chi connectivity index (χ1) is 5.24. The van der Waals surface area contributed by atoms with Crippen molar-refractivity contribution in [3.05, 3.63) is 0 Å². The lowest BCUT2D eigenvalue weighted by molar-refractivity contribution is 0.167. The Labute approximate surface area is 74.1 Å². The Hall–Kier alpha value is 0.270. The summed E-state index contributed by atoms with van der Waals surface area (Å²) in [6, 6.07) is 0.725. The zero-order valence-electron chi connectivity index (χ0n) is 7.71. The molecule has 1 aliphatic heterocycles. The van der Waals surface area contributed by atoms with Gasteiger partial charge in [-0.3, -0.25) is 0 Å². The van der Waals surface area contributed by atoms with Gasteiger partial charge in [0.15, 0.2) is 0 Å². The molecule has 0 spiro atoms. The van der Waals surface area contributed by atoms with E-state index < -0.39 is 0 Å². The Kier molecular flexibility index (Phi) is 3.69. The van der Waals surface area contributed by atoms with Crippen molar-refractivity contribution in [1.29, 1.82) is 0 Å². The molecular formula is C8H18N2S. The monoisotopic (exact) mass is 174 g/mol. The van der Waals surface area contributed by atoms with Gasteiger partial charge in [-0.2, -0.15) is 0 Å². The van der Waals surface area contributed by atoms with Gasteiger partial charge in [-0.25, -0.2) is 4.31 Å². The number of likely N-dealkylation sites (N-methyl/N-ethyl adjacent to an activating group) is 1. The fraction of sp³-hybridized carbons (Fsp3) is 1.00. The second-order valence-corrected chi connectivity index (χ2v) is 4.49. The average Bonchev–Trinajstić information content (AvgIpc) is 1.98. The minimum Gasteiger partial charge on any atom is -0.301 e. The zero-order valence-corrected chi connectivity index (χ0v) is 8.52. The third kappa shape index (κ3) is 2.65. The molecule has 1 rings (SSSR count). The Morgan fingerprint density at radius 3 is 2.73 bits per heavy atom. The van der Waals surface area contributed by atoms with E-state index in [0.29, 0.717) is 0 Å². The van der Waals surface area contributed by atoms with E-state index >= 15 is 0 Å². The molecule has 1 heterocycles. The summed E-state index contributed by atoms with van der Waals surface area (Å²) in [5, 5.41) is 0. The molecule has 0 amide bonds. The first-order valence-electron chi connectivity index (χ1n) is 4.32. The Morgan fingerprint density at radius 2 is 2.18 bits per heavy atom. The fourth-order valence-electron chi connectivity index (χ4n) is 1.31. The summed E-state index contributed by atoms with van der Waals surface area (Å²) < 4.78 is 2.48. The minimum absolute atomic E-state index is 0.725. The Balaban J connectivity index is 2.28. The summed E-state index contributed by atoms with van der Waals surface area (Å²) in [7, 11) is 2.21. The van der Waals surface area contributed by atoms with E-state index in [0.717, 1.165) is 6.04 Å². The summed E-state index contributed by atoms with van der Waals surface area (Å²) in [6.07, 6.45) is 0. The molecule has 1 fully saturated rings. The van der Waals surface area contributed by atoms with Crippen molar-refractivity contribution in [2.24, 2.45) is 0 Å². The van der Waals surface area contributed by atoms with Gasteiger partial charge in [0.05, 0.1) is 0 Å². The van der Waals surface area contributed by atoms with Crippen LogP contribution < -0.4 is 0 Å². The normalized spacial score (nSPS) is 29.2. The third-order valence-corrected chi connectivity index (χ3v) is 3.19. The smallest absolute Gasteiger partial charge is 0.0243 e. The summed E-state index contributed by atoms with van der Waals surface area (Å²) in [4.78, 5) is 2.42. The highest BCUT2D eigenvalue weighted by molar-refractivity contribution is 7.96. The predicted octanol–water partition coefficient (Wildman–Crippen LogP) is 1.29. The van der Waals surface area contributed by atoms with Crippen molar-refractivity contribution in [2.75, 3.05) is 32.4 Å². The van der Waals surface area contributed by atoms with Crippen LogP contribution in [0, 0.1) is 0 Å². The molecule has 0 bridgehead atoms. The molecule has 0 aromatic heterocycles. The van der Waals surface area contributed by atoms with Crippen LogP contribution in [0.25, 0.3) is 0 Å². The molecule has 0 aromatic carbocycles. The SMILES string of the molecule is CCSN1CCN(C)C(C)C1. The molecule has 0 radical (unpaired) electrons. The molecule has 66 valence electrons. The highest BCUT2D eigenvalue weighted by Crippen LogP contribution is 2.15. The third-order valence-electron chi connectivity index (χ3n) is 2.23. The molecular weight excluding hydrogens is 156 g/mol. The molecule has 2 nitrogen and oxygen atoms in total. The van der Waals surface area contributed by atoms with Gasteiger partial charge >= 0.3 is 0 Å². The molecule has 1 aliphatic rings. The highest BCUT2D eigenvalue weighted by atomic mass is 32.2. The van der Waals surface area contributed by atoms with Crippen molar-refractivity contribution < 1.29 is 0 Å². The number of hydrogen-bond acceptors (Lipinski definition) is 3. The predicted molar refractivity (Wildman–Crippen MR) is 51.8 cm³/mol. The van der Waals surface area contributed by atoms with Crippen molar-refractivity contribution in [3.63, 3.8) is 0 Å². The van der Waals surface area contributed by atoms with E-state index in [1.54, 1.807) is 0 Å². The first-order valence-corrected chi connectivity index (χ1v) is 5.26. The van der Waals surface area contributed by atoms with Gasteiger partial charge < -0.3 is 4.90 Å². The number of piperazine rings is 1. The van der Waals surface area contributed by atoms with Crippen LogP contribution in [0.3, 0.4) is 0 Å². The van der Waals surface area contributed by atoms with Gasteiger partial charge in [0.2, 0.25) is 0 Å². The van der Waals surface area contributed by atoms with Gasteiger partial charge in [0.1, 0.15) is 0 Å². The maximum atomic E-state index is 2.48. The molecule has 1 unspecified atom stereocenters. The van der Waals surface area contributed by atoms with Gasteiger partial charge in [0.25, 0.3) is 0 Å². The van der Waals surface area contributed by atoms with Crippen molar-refractivity contribution >= 4 is 11.9 Å². The van der Waals surface area contributed by atoms with Crippen LogP contribution in [0.2, 0.25) is 0 Å². The van der Waals surface area contributed by atoms with E-state index in [1.807, 2.05) is 11.9 Å². The lowest BCUT2D eigenvalue weighted by Gasteiger charge is -2.36. The van der Waals surface area contributed by atoms with Crippen LogP contribution in [-0.2, 0) is 0 Å². The van der Waals surface area contributed by atoms with Crippen LogP contribution in [0.4, 0.5) is 0 Å². The molecule has 1 atom stereocenters. The van der Waals surface area contributed by atoms with Gasteiger partial charge in [-0.1, -0.05) is 18.9 Å². The van der Waals surface area contributed by atoms with Crippen molar-refractivity contribution in [3.8, 4) is 0 Å². The van der Waals surface area contributed by atoms with E-state index in [1.165, 1.54) is 25.4 Å². The van der Waals surface area contributed by atoms with Crippen molar-refractivity contribution in [2.45, 2.75) is 19.9 Å². The van der Waals surface area contributed by atoms with Crippen molar-refractivity contribution in [1.82, 2.24) is 9.21 Å². The minimum atomic E-state index is 0.725. The van der Waals surface area contributed by atoms with Crippen LogP contribution in [0.15, 0.2) is 0 Å². The van der Waals surface area contributed by atoms with Crippen LogP contribution in [-0.4, -0.2) is 47.7 Å². The van der Waals surface area contributed by atoms with Crippen LogP contribution in [0.1, 0.15) is 13.8 Å². The lowest BCUT2D eigenvalue weighted by Crippen LogP contribution is -2.47. The summed E-state index contributed by atoms with van der Waals surface area (Å²) in [6.45, 7) is 8.17. The zero-order chi connectivity index (χ0) is 8.27. The largest absolute Gasteiger partial charge is 0.301 e. The second kappa shape index (κ2) is 4.33. The van der Waals surface area contributed by atoms with Gasteiger partial charge in [-0.05, 0) is 14.0 Å². The first kappa shape index (κ1) is 9.36. The maximum absolute atomic E-state index is 2.48. The van der Waals surface area contributed by atoms with E-state index in [2.05, 4.69) is 30.1 Å². The Bertz CT molecular complexity index is 119. The van der Waals surface area contributed by atoms with E-state index in [4.69, 9.17) is 0 Å².